The van der Waals surface area contributed by atoms with Crippen LogP contribution in [0.2, 0.25) is 0 Å². The number of halogens is 1. The van der Waals surface area contributed by atoms with E-state index in [4.69, 9.17) is 5.73 Å². The summed E-state index contributed by atoms with van der Waals surface area (Å²) in [6.07, 6.45) is 1.48. The summed E-state index contributed by atoms with van der Waals surface area (Å²) in [5, 5.41) is 0. The number of hydrogen-bond donors (Lipinski definition) is 2. The second-order valence-corrected chi connectivity index (χ2v) is 9.34. The van der Waals surface area contributed by atoms with Gasteiger partial charge in [-0.25, -0.2) is 13.1 Å². The number of sulfonamides is 1. The van der Waals surface area contributed by atoms with E-state index in [0.717, 1.165) is 17.7 Å². The van der Waals surface area contributed by atoms with Crippen LogP contribution < -0.4 is 10.5 Å². The molecule has 124 valence electrons. The third-order valence-corrected chi connectivity index (χ3v) is 7.01. The average molecular weight is 355 g/mol. The molecule has 0 aliphatic carbocycles. The molecule has 4 nitrogen and oxygen atoms in total. The molecule has 0 spiro atoms. The molecule has 0 radical (unpaired) electrons. The fourth-order valence-electron chi connectivity index (χ4n) is 1.68. The highest BCUT2D eigenvalue weighted by atomic mass is 35.5. The van der Waals surface area contributed by atoms with Crippen LogP contribution in [-0.2, 0) is 15.4 Å². The van der Waals surface area contributed by atoms with Crippen molar-refractivity contribution in [2.24, 2.45) is 5.73 Å². The minimum atomic E-state index is -3.46. The van der Waals surface area contributed by atoms with Crippen LogP contribution >= 0.6 is 23.7 Å². The first-order valence-corrected chi connectivity index (χ1v) is 9.23. The maximum atomic E-state index is 12.3. The molecule has 0 fully saturated rings. The van der Waals surface area contributed by atoms with Gasteiger partial charge in [0.2, 0.25) is 10.0 Å². The van der Waals surface area contributed by atoms with E-state index in [1.807, 2.05) is 19.9 Å². The summed E-state index contributed by atoms with van der Waals surface area (Å²) in [7, 11) is -3.46. The molecule has 0 aliphatic heterocycles. The maximum absolute atomic E-state index is 12.3. The molecule has 0 bridgehead atoms. The van der Waals surface area contributed by atoms with E-state index in [1.54, 1.807) is 6.07 Å². The van der Waals surface area contributed by atoms with Crippen molar-refractivity contribution in [1.29, 1.82) is 0 Å². The minimum absolute atomic E-state index is 0. The third kappa shape index (κ3) is 5.53. The second-order valence-electron chi connectivity index (χ2n) is 6.26. The fourth-order valence-corrected chi connectivity index (χ4v) is 4.22. The molecule has 3 N–H and O–H groups in total. The van der Waals surface area contributed by atoms with Gasteiger partial charge >= 0.3 is 0 Å². The van der Waals surface area contributed by atoms with E-state index in [-0.39, 0.29) is 24.4 Å². The van der Waals surface area contributed by atoms with Crippen molar-refractivity contribution in [2.75, 3.05) is 6.54 Å². The molecule has 7 heteroatoms. The number of nitrogens with two attached hydrogens (primary N) is 1. The number of thiophene rings is 1. The fraction of sp³-hybridized carbons (Fsp3) is 0.714. The molecule has 1 aromatic rings. The summed E-state index contributed by atoms with van der Waals surface area (Å²) in [4.78, 5) is 1.06. The van der Waals surface area contributed by atoms with Gasteiger partial charge in [0.1, 0.15) is 4.21 Å². The van der Waals surface area contributed by atoms with Gasteiger partial charge in [-0.15, -0.1) is 23.7 Å². The Morgan fingerprint density at radius 2 is 1.71 bits per heavy atom. The van der Waals surface area contributed by atoms with E-state index in [0.29, 0.717) is 4.21 Å². The van der Waals surface area contributed by atoms with Gasteiger partial charge in [-0.05, 0) is 30.4 Å². The van der Waals surface area contributed by atoms with Gasteiger partial charge in [-0.1, -0.05) is 34.6 Å². The van der Waals surface area contributed by atoms with Gasteiger partial charge in [-0.3, -0.25) is 0 Å². The first-order chi connectivity index (χ1) is 9.04. The molecule has 0 saturated carbocycles. The van der Waals surface area contributed by atoms with Crippen molar-refractivity contribution in [3.8, 4) is 0 Å². The highest BCUT2D eigenvalue weighted by molar-refractivity contribution is 7.91. The predicted octanol–water partition coefficient (Wildman–Crippen LogP) is 3.26. The average Bonchev–Trinajstić information content (AvgIpc) is 2.86. The monoisotopic (exact) mass is 354 g/mol. The second kappa shape index (κ2) is 7.42. The lowest BCUT2D eigenvalue weighted by Crippen LogP contribution is -2.49. The Labute approximate surface area is 139 Å². The van der Waals surface area contributed by atoms with Crippen LogP contribution in [-0.4, -0.2) is 20.5 Å². The lowest BCUT2D eigenvalue weighted by molar-refractivity contribution is 0.392. The Kier molecular flexibility index (Phi) is 7.37. The standard InChI is InChI=1S/C14H26N2O2S2.ClH/c1-6-14(15,7-2)10-16-20(17,18)12-9-8-11(19-12)13(3,4)5;/h8-9,16H,6-7,10,15H2,1-5H3;1H. The van der Waals surface area contributed by atoms with Crippen LogP contribution in [0.15, 0.2) is 16.3 Å². The van der Waals surface area contributed by atoms with Gasteiger partial charge < -0.3 is 5.73 Å². The number of nitrogens with one attached hydrogen (secondary N) is 1. The summed E-state index contributed by atoms with van der Waals surface area (Å²) in [5.41, 5.74) is 5.62. The molecule has 1 aromatic heterocycles. The van der Waals surface area contributed by atoms with Crippen molar-refractivity contribution >= 4 is 33.8 Å². The Morgan fingerprint density at radius 1 is 1.19 bits per heavy atom. The van der Waals surface area contributed by atoms with E-state index in [9.17, 15) is 8.42 Å². The molecular formula is C14H27ClN2O2S2. The topological polar surface area (TPSA) is 72.2 Å². The summed E-state index contributed by atoms with van der Waals surface area (Å²) >= 11 is 1.32. The largest absolute Gasteiger partial charge is 0.324 e. The molecule has 0 atom stereocenters. The highest BCUT2D eigenvalue weighted by Crippen LogP contribution is 2.31. The lowest BCUT2D eigenvalue weighted by atomic mass is 9.95. The molecule has 1 heterocycles. The first kappa shape index (κ1) is 20.9. The third-order valence-electron chi connectivity index (χ3n) is 3.61. The SMILES string of the molecule is CCC(N)(CC)CNS(=O)(=O)c1ccc(C(C)(C)C)s1.Cl. The molecule has 0 unspecified atom stereocenters. The van der Waals surface area contributed by atoms with Gasteiger partial charge in [-0.2, -0.15) is 0 Å². The quantitative estimate of drug-likeness (QED) is 0.823. The predicted molar refractivity (Wildman–Crippen MR) is 93.0 cm³/mol. The minimum Gasteiger partial charge on any atom is -0.324 e. The zero-order valence-electron chi connectivity index (χ0n) is 13.4. The Morgan fingerprint density at radius 3 is 2.10 bits per heavy atom. The summed E-state index contributed by atoms with van der Waals surface area (Å²) < 4.78 is 27.6. The zero-order valence-corrected chi connectivity index (χ0v) is 15.8. The molecule has 21 heavy (non-hydrogen) atoms. The number of rotatable bonds is 6. The van der Waals surface area contributed by atoms with Crippen molar-refractivity contribution in [3.05, 3.63) is 17.0 Å². The first-order valence-electron chi connectivity index (χ1n) is 6.93. The van der Waals surface area contributed by atoms with Gasteiger partial charge in [0.25, 0.3) is 0 Å². The molecule has 0 aromatic carbocycles. The van der Waals surface area contributed by atoms with E-state index >= 15 is 0 Å². The van der Waals surface area contributed by atoms with Crippen LogP contribution in [0.3, 0.4) is 0 Å². The van der Waals surface area contributed by atoms with E-state index < -0.39 is 15.6 Å². The highest BCUT2D eigenvalue weighted by Gasteiger charge is 2.26. The molecule has 0 aliphatic rings. The zero-order chi connectivity index (χ0) is 15.6. The van der Waals surface area contributed by atoms with Crippen molar-refractivity contribution < 1.29 is 8.42 Å². The molecule has 0 saturated heterocycles. The van der Waals surface area contributed by atoms with Crippen molar-refractivity contribution in [3.63, 3.8) is 0 Å². The van der Waals surface area contributed by atoms with Crippen LogP contribution in [0.25, 0.3) is 0 Å². The van der Waals surface area contributed by atoms with Crippen LogP contribution in [0.1, 0.15) is 52.3 Å². The van der Waals surface area contributed by atoms with Crippen molar-refractivity contribution in [2.45, 2.75) is 62.6 Å². The van der Waals surface area contributed by atoms with Crippen LogP contribution in [0, 0.1) is 0 Å². The van der Waals surface area contributed by atoms with Gasteiger partial charge in [0.05, 0.1) is 0 Å². The smallest absolute Gasteiger partial charge is 0.250 e. The Bertz CT molecular complexity index is 544. The van der Waals surface area contributed by atoms with Crippen LogP contribution in [0.5, 0.6) is 0 Å². The lowest BCUT2D eigenvalue weighted by Gasteiger charge is -2.26. The summed E-state index contributed by atoms with van der Waals surface area (Å²) in [6.45, 7) is 10.4. The normalized spacial score (nSPS) is 13.0. The summed E-state index contributed by atoms with van der Waals surface area (Å²) in [6, 6.07) is 3.55. The van der Waals surface area contributed by atoms with Crippen molar-refractivity contribution in [1.82, 2.24) is 4.72 Å². The van der Waals surface area contributed by atoms with E-state index in [2.05, 4.69) is 25.5 Å². The van der Waals surface area contributed by atoms with Gasteiger partial charge in [0, 0.05) is 17.0 Å². The van der Waals surface area contributed by atoms with Crippen LogP contribution in [0.4, 0.5) is 0 Å². The van der Waals surface area contributed by atoms with E-state index in [1.165, 1.54) is 11.3 Å². The Hall–Kier alpha value is -0.140. The van der Waals surface area contributed by atoms with Gasteiger partial charge in [0.15, 0.2) is 0 Å². The Balaban J connectivity index is 0.00000400. The maximum Gasteiger partial charge on any atom is 0.250 e. The number of hydrogen-bond acceptors (Lipinski definition) is 4. The molecule has 0 amide bonds. The summed E-state index contributed by atoms with van der Waals surface area (Å²) in [5.74, 6) is 0. The molecular weight excluding hydrogens is 328 g/mol. The molecule has 1 rings (SSSR count).